The van der Waals surface area contributed by atoms with Crippen molar-refractivity contribution in [1.29, 1.82) is 0 Å². The largest absolute Gasteiger partial charge is 0.490 e. The van der Waals surface area contributed by atoms with Crippen molar-refractivity contribution in [3.63, 3.8) is 0 Å². The van der Waals surface area contributed by atoms with Crippen LogP contribution in [0.4, 0.5) is 5.69 Å². The third-order valence-electron chi connectivity index (χ3n) is 6.15. The molecule has 0 aliphatic carbocycles. The maximum atomic E-state index is 11.5. The Morgan fingerprint density at radius 2 is 2.00 bits per heavy atom. The first-order valence-electron chi connectivity index (χ1n) is 11.8. The summed E-state index contributed by atoms with van der Waals surface area (Å²) in [5.74, 6) is 0.708. The highest BCUT2D eigenvalue weighted by Crippen LogP contribution is 2.44. The Hall–Kier alpha value is -3.92. The molecule has 2 atom stereocenters. The highest BCUT2D eigenvalue weighted by Gasteiger charge is 2.42. The van der Waals surface area contributed by atoms with E-state index in [2.05, 4.69) is 10.3 Å². The lowest BCUT2D eigenvalue weighted by atomic mass is 10.0. The molecule has 0 saturated carbocycles. The first kappa shape index (κ1) is 25.7. The predicted molar refractivity (Wildman–Crippen MR) is 148 cm³/mol. The molecular formula is C28H24ClN3O5S. The lowest BCUT2D eigenvalue weighted by Crippen LogP contribution is -2.29. The first-order chi connectivity index (χ1) is 18.5. The van der Waals surface area contributed by atoms with Gasteiger partial charge in [-0.2, -0.15) is 0 Å². The number of carboxylic acids is 1. The van der Waals surface area contributed by atoms with Crippen molar-refractivity contribution in [2.75, 3.05) is 25.2 Å². The summed E-state index contributed by atoms with van der Waals surface area (Å²) in [7, 11) is 1.61. The summed E-state index contributed by atoms with van der Waals surface area (Å²) in [5, 5.41) is 13.7. The van der Waals surface area contributed by atoms with Crippen LogP contribution in [0.2, 0.25) is 5.02 Å². The Morgan fingerprint density at radius 1 is 1.13 bits per heavy atom. The lowest BCUT2D eigenvalue weighted by molar-refractivity contribution is 0.0697. The average molecular weight is 550 g/mol. The van der Waals surface area contributed by atoms with Crippen LogP contribution < -0.4 is 15.0 Å². The lowest BCUT2D eigenvalue weighted by Gasteiger charge is -2.26. The number of benzene rings is 2. The molecule has 0 spiro atoms. The number of anilines is 1. The van der Waals surface area contributed by atoms with Gasteiger partial charge in [-0.05, 0) is 66.8 Å². The standard InChI is InChI=1S/C28H24ClN3O5S/c1-35-13-14-36-23-9-8-19(16-20(23)29)32-26(25(31-28(32)38)21-7-2-3-12-30-21)24-11-10-22(37-24)17-5-4-6-18(15-17)27(33)34/h2-12,15-16,25-26H,13-14H2,1H3,(H,31,38)(H,33,34)/t25-,26+/m0/s1. The number of methoxy groups -OCH3 is 1. The first-order valence-corrected chi connectivity index (χ1v) is 12.6. The van der Waals surface area contributed by atoms with E-state index in [1.807, 2.05) is 47.4 Å². The number of furan rings is 1. The average Bonchev–Trinajstić information content (AvgIpc) is 3.55. The van der Waals surface area contributed by atoms with Gasteiger partial charge in [-0.25, -0.2) is 4.79 Å². The van der Waals surface area contributed by atoms with Crippen LogP contribution in [0.1, 0.15) is 33.9 Å². The number of carbonyl (C=O) groups is 1. The smallest absolute Gasteiger partial charge is 0.335 e. The van der Waals surface area contributed by atoms with E-state index in [0.717, 1.165) is 11.4 Å². The maximum absolute atomic E-state index is 11.5. The third-order valence-corrected chi connectivity index (χ3v) is 6.76. The van der Waals surface area contributed by atoms with Crippen molar-refractivity contribution in [3.05, 3.63) is 101 Å². The fourth-order valence-corrected chi connectivity index (χ4v) is 4.96. The molecule has 1 saturated heterocycles. The number of carboxylic acid groups (broad SMARTS) is 1. The number of rotatable bonds is 9. The van der Waals surface area contributed by atoms with Gasteiger partial charge in [0.1, 0.15) is 29.9 Å². The number of pyridine rings is 1. The van der Waals surface area contributed by atoms with E-state index in [4.69, 9.17) is 37.7 Å². The molecule has 2 aromatic heterocycles. The monoisotopic (exact) mass is 549 g/mol. The number of thiocarbonyl (C=S) groups is 1. The second-order valence-electron chi connectivity index (χ2n) is 8.54. The van der Waals surface area contributed by atoms with Crippen LogP contribution in [-0.2, 0) is 4.74 Å². The zero-order chi connectivity index (χ0) is 26.6. The van der Waals surface area contributed by atoms with E-state index in [0.29, 0.717) is 46.2 Å². The molecule has 0 bridgehead atoms. The minimum Gasteiger partial charge on any atom is -0.490 e. The van der Waals surface area contributed by atoms with Crippen LogP contribution in [0.15, 0.2) is 83.4 Å². The van der Waals surface area contributed by atoms with Crippen LogP contribution in [0, 0.1) is 0 Å². The molecule has 4 aromatic rings. The van der Waals surface area contributed by atoms with Crippen LogP contribution in [-0.4, -0.2) is 41.5 Å². The molecule has 5 rings (SSSR count). The Morgan fingerprint density at radius 3 is 2.74 bits per heavy atom. The Balaban J connectivity index is 1.53. The minimum atomic E-state index is -1.00. The summed E-state index contributed by atoms with van der Waals surface area (Å²) in [6.45, 7) is 0.824. The van der Waals surface area contributed by atoms with Gasteiger partial charge in [0, 0.05) is 24.6 Å². The third kappa shape index (κ3) is 5.22. The minimum absolute atomic E-state index is 0.180. The van der Waals surface area contributed by atoms with Gasteiger partial charge < -0.3 is 29.2 Å². The summed E-state index contributed by atoms with van der Waals surface area (Å²) >= 11 is 12.3. The molecule has 1 aliphatic heterocycles. The van der Waals surface area contributed by atoms with Crippen molar-refractivity contribution in [2.45, 2.75) is 12.1 Å². The van der Waals surface area contributed by atoms with E-state index in [1.54, 1.807) is 43.6 Å². The second-order valence-corrected chi connectivity index (χ2v) is 9.33. The van der Waals surface area contributed by atoms with Gasteiger partial charge in [0.05, 0.1) is 28.9 Å². The molecule has 0 unspecified atom stereocenters. The van der Waals surface area contributed by atoms with Crippen molar-refractivity contribution in [1.82, 2.24) is 10.3 Å². The highest BCUT2D eigenvalue weighted by atomic mass is 35.5. The summed E-state index contributed by atoms with van der Waals surface area (Å²) in [5.41, 5.74) is 2.38. The zero-order valence-corrected chi connectivity index (χ0v) is 21.9. The highest BCUT2D eigenvalue weighted by molar-refractivity contribution is 7.80. The van der Waals surface area contributed by atoms with Gasteiger partial charge in [-0.15, -0.1) is 0 Å². The van der Waals surface area contributed by atoms with Gasteiger partial charge in [-0.1, -0.05) is 29.8 Å². The molecule has 8 nitrogen and oxygen atoms in total. The number of hydrogen-bond acceptors (Lipinski definition) is 6. The molecule has 38 heavy (non-hydrogen) atoms. The van der Waals surface area contributed by atoms with Gasteiger partial charge in [0.25, 0.3) is 0 Å². The number of nitrogens with one attached hydrogen (secondary N) is 1. The van der Waals surface area contributed by atoms with E-state index in [-0.39, 0.29) is 11.6 Å². The van der Waals surface area contributed by atoms with Crippen LogP contribution >= 0.6 is 23.8 Å². The fourth-order valence-electron chi connectivity index (χ4n) is 4.39. The molecule has 10 heteroatoms. The summed E-state index contributed by atoms with van der Waals surface area (Å²) in [6.07, 6.45) is 1.73. The van der Waals surface area contributed by atoms with Crippen LogP contribution in [0.5, 0.6) is 5.75 Å². The molecule has 0 radical (unpaired) electrons. The van der Waals surface area contributed by atoms with E-state index < -0.39 is 12.0 Å². The van der Waals surface area contributed by atoms with Crippen molar-refractivity contribution < 1.29 is 23.8 Å². The van der Waals surface area contributed by atoms with Gasteiger partial charge in [0.15, 0.2) is 5.11 Å². The zero-order valence-electron chi connectivity index (χ0n) is 20.3. The summed E-state index contributed by atoms with van der Waals surface area (Å²) in [6, 6.07) is 20.8. The number of nitrogens with zero attached hydrogens (tertiary/aromatic N) is 2. The number of hydrogen-bond donors (Lipinski definition) is 2. The molecule has 194 valence electrons. The molecule has 0 amide bonds. The molecular weight excluding hydrogens is 526 g/mol. The molecule has 2 N–H and O–H groups in total. The summed E-state index contributed by atoms with van der Waals surface area (Å²) in [4.78, 5) is 18.0. The normalized spacial score (nSPS) is 16.9. The maximum Gasteiger partial charge on any atom is 0.335 e. The SMILES string of the molecule is COCCOc1ccc(N2C(=S)N[C@@H](c3ccccn3)[C@H]2c2ccc(-c3cccc(C(=O)O)c3)o2)cc1Cl. The molecule has 3 heterocycles. The number of ether oxygens (including phenoxy) is 2. The topological polar surface area (TPSA) is 97.1 Å². The fraction of sp³-hybridized carbons (Fsp3) is 0.179. The summed E-state index contributed by atoms with van der Waals surface area (Å²) < 4.78 is 17.1. The van der Waals surface area contributed by atoms with Crippen molar-refractivity contribution in [2.24, 2.45) is 0 Å². The number of halogens is 1. The predicted octanol–water partition coefficient (Wildman–Crippen LogP) is 5.90. The van der Waals surface area contributed by atoms with Crippen molar-refractivity contribution in [3.8, 4) is 17.1 Å². The van der Waals surface area contributed by atoms with Crippen LogP contribution in [0.25, 0.3) is 11.3 Å². The quantitative estimate of drug-likeness (QED) is 0.195. The van der Waals surface area contributed by atoms with Crippen molar-refractivity contribution >= 4 is 40.6 Å². The molecule has 1 aliphatic rings. The second kappa shape index (κ2) is 11.2. The van der Waals surface area contributed by atoms with Gasteiger partial charge in [-0.3, -0.25) is 4.98 Å². The Bertz CT molecular complexity index is 1460. The van der Waals surface area contributed by atoms with Gasteiger partial charge >= 0.3 is 5.97 Å². The van der Waals surface area contributed by atoms with Gasteiger partial charge in [0.2, 0.25) is 0 Å². The van der Waals surface area contributed by atoms with E-state index in [1.165, 1.54) is 0 Å². The van der Waals surface area contributed by atoms with E-state index >= 15 is 0 Å². The number of aromatic nitrogens is 1. The number of aromatic carboxylic acids is 1. The van der Waals surface area contributed by atoms with E-state index in [9.17, 15) is 9.90 Å². The Kier molecular flexibility index (Phi) is 7.59. The molecule has 2 aromatic carbocycles. The molecule has 1 fully saturated rings. The van der Waals surface area contributed by atoms with Crippen LogP contribution in [0.3, 0.4) is 0 Å². The Labute approximate surface area is 229 Å².